The molecule has 1 aliphatic rings. The largest absolute Gasteiger partial charge is 0.456 e. The number of aromatic nitrogens is 1. The summed E-state index contributed by atoms with van der Waals surface area (Å²) in [5.74, 6) is 1.39. The van der Waals surface area contributed by atoms with E-state index in [9.17, 15) is 4.79 Å². The summed E-state index contributed by atoms with van der Waals surface area (Å²) in [5, 5.41) is 0. The Morgan fingerprint density at radius 1 is 1.12 bits per heavy atom. The number of esters is 1. The molecule has 130 valence electrons. The number of oxazole rings is 1. The summed E-state index contributed by atoms with van der Waals surface area (Å²) in [6, 6.07) is 15.0. The van der Waals surface area contributed by atoms with Crippen LogP contribution >= 0.6 is 0 Å². The van der Waals surface area contributed by atoms with Crippen LogP contribution in [0.5, 0.6) is 11.5 Å². The van der Waals surface area contributed by atoms with Crippen LogP contribution in [-0.2, 0) is 16.1 Å². The monoisotopic (exact) mass is 349 g/mol. The summed E-state index contributed by atoms with van der Waals surface area (Å²) in [7, 11) is 0. The number of ether oxygens (including phenoxy) is 3. The molecule has 0 saturated heterocycles. The van der Waals surface area contributed by atoms with Crippen molar-refractivity contribution in [1.29, 1.82) is 0 Å². The molecule has 4 rings (SSSR count). The Balaban J connectivity index is 1.33. The maximum atomic E-state index is 11.9. The van der Waals surface area contributed by atoms with E-state index in [1.54, 1.807) is 18.2 Å². The summed E-state index contributed by atoms with van der Waals surface area (Å²) in [6.45, 7) is 0.258. The number of carbonyl (C=O) groups is 1. The second-order valence-electron chi connectivity index (χ2n) is 5.56. The maximum Gasteiger partial charge on any atom is 0.331 e. The summed E-state index contributed by atoms with van der Waals surface area (Å²) < 4.78 is 21.1. The number of rotatable bonds is 5. The van der Waals surface area contributed by atoms with Crippen molar-refractivity contribution in [2.75, 3.05) is 6.79 Å². The van der Waals surface area contributed by atoms with Crippen LogP contribution in [0.15, 0.2) is 65.3 Å². The van der Waals surface area contributed by atoms with Crippen molar-refractivity contribution in [1.82, 2.24) is 4.98 Å². The van der Waals surface area contributed by atoms with Gasteiger partial charge in [0.15, 0.2) is 11.5 Å². The minimum atomic E-state index is -0.466. The molecule has 0 spiro atoms. The van der Waals surface area contributed by atoms with Gasteiger partial charge in [0, 0.05) is 11.6 Å². The zero-order valence-corrected chi connectivity index (χ0v) is 13.8. The number of hydrogen-bond donors (Lipinski definition) is 0. The predicted octanol–water partition coefficient (Wildman–Crippen LogP) is 3.83. The van der Waals surface area contributed by atoms with E-state index in [2.05, 4.69) is 4.98 Å². The van der Waals surface area contributed by atoms with Gasteiger partial charge in [0.05, 0.1) is 0 Å². The van der Waals surface area contributed by atoms with Crippen molar-refractivity contribution in [3.8, 4) is 23.0 Å². The molecule has 0 bridgehead atoms. The van der Waals surface area contributed by atoms with Gasteiger partial charge >= 0.3 is 5.97 Å². The molecule has 0 unspecified atom stereocenters. The van der Waals surface area contributed by atoms with Crippen molar-refractivity contribution in [2.45, 2.75) is 6.61 Å². The molecule has 1 aromatic heterocycles. The van der Waals surface area contributed by atoms with Gasteiger partial charge in [-0.05, 0) is 35.9 Å². The second kappa shape index (κ2) is 7.14. The highest BCUT2D eigenvalue weighted by molar-refractivity contribution is 5.87. The first-order chi connectivity index (χ1) is 12.8. The maximum absolute atomic E-state index is 11.9. The molecule has 2 heterocycles. The van der Waals surface area contributed by atoms with E-state index in [1.165, 1.54) is 12.3 Å². The quantitative estimate of drug-likeness (QED) is 0.515. The van der Waals surface area contributed by atoms with E-state index >= 15 is 0 Å². The zero-order chi connectivity index (χ0) is 17.8. The van der Waals surface area contributed by atoms with Crippen LogP contribution in [-0.4, -0.2) is 17.7 Å². The average Bonchev–Trinajstić information content (AvgIpc) is 3.34. The molecule has 0 saturated carbocycles. The third-order valence-corrected chi connectivity index (χ3v) is 3.74. The molecule has 3 aromatic rings. The fraction of sp³-hybridized carbons (Fsp3) is 0.100. The van der Waals surface area contributed by atoms with E-state index in [1.807, 2.05) is 36.4 Å². The van der Waals surface area contributed by atoms with Gasteiger partial charge in [-0.15, -0.1) is 0 Å². The van der Waals surface area contributed by atoms with Crippen molar-refractivity contribution < 1.29 is 23.4 Å². The third-order valence-electron chi connectivity index (χ3n) is 3.74. The van der Waals surface area contributed by atoms with Gasteiger partial charge in [0.1, 0.15) is 18.6 Å². The Bertz CT molecular complexity index is 946. The van der Waals surface area contributed by atoms with Crippen LogP contribution in [0.3, 0.4) is 0 Å². The van der Waals surface area contributed by atoms with E-state index in [0.717, 1.165) is 11.1 Å². The Morgan fingerprint density at radius 3 is 2.85 bits per heavy atom. The molecule has 1 aliphatic heterocycles. The van der Waals surface area contributed by atoms with Crippen LogP contribution in [0, 0.1) is 0 Å². The molecule has 6 heteroatoms. The van der Waals surface area contributed by atoms with Crippen molar-refractivity contribution >= 4 is 12.0 Å². The fourth-order valence-electron chi connectivity index (χ4n) is 2.46. The number of nitrogens with zero attached hydrogens (tertiary/aromatic N) is 1. The van der Waals surface area contributed by atoms with Gasteiger partial charge in [-0.2, -0.15) is 0 Å². The highest BCUT2D eigenvalue weighted by Crippen LogP contribution is 2.32. The molecule has 0 atom stereocenters. The third kappa shape index (κ3) is 3.59. The summed E-state index contributed by atoms with van der Waals surface area (Å²) in [6.07, 6.45) is 4.50. The Labute approximate surface area is 149 Å². The number of benzene rings is 2. The van der Waals surface area contributed by atoms with Crippen LogP contribution in [0.4, 0.5) is 0 Å². The minimum absolute atomic E-state index is 0.0423. The van der Waals surface area contributed by atoms with Crippen molar-refractivity contribution in [2.24, 2.45) is 0 Å². The van der Waals surface area contributed by atoms with E-state index in [4.69, 9.17) is 18.6 Å². The van der Waals surface area contributed by atoms with E-state index in [0.29, 0.717) is 23.1 Å². The van der Waals surface area contributed by atoms with Crippen LogP contribution < -0.4 is 9.47 Å². The number of hydrogen-bond acceptors (Lipinski definition) is 6. The number of carbonyl (C=O) groups excluding carboxylic acids is 1. The molecular formula is C20H15NO5. The molecule has 26 heavy (non-hydrogen) atoms. The SMILES string of the molecule is O=C(/C=C/c1ccc2c(c1)OCO2)OCc1coc(-c2ccccc2)n1. The lowest BCUT2D eigenvalue weighted by Crippen LogP contribution is -2.00. The average molecular weight is 349 g/mol. The topological polar surface area (TPSA) is 70.8 Å². The molecule has 0 amide bonds. The van der Waals surface area contributed by atoms with Gasteiger partial charge in [-0.1, -0.05) is 24.3 Å². The molecule has 6 nitrogen and oxygen atoms in total. The lowest BCUT2D eigenvalue weighted by molar-refractivity contribution is -0.139. The molecule has 0 fully saturated rings. The van der Waals surface area contributed by atoms with Gasteiger partial charge in [-0.25, -0.2) is 9.78 Å². The van der Waals surface area contributed by atoms with E-state index in [-0.39, 0.29) is 13.4 Å². The standard InChI is InChI=1S/C20H15NO5/c22-19(9-7-14-6-8-17-18(10-14)26-13-25-17)23-11-16-12-24-20(21-16)15-4-2-1-3-5-15/h1-10,12H,11,13H2/b9-7+. The smallest absolute Gasteiger partial charge is 0.331 e. The molecule has 0 aliphatic carbocycles. The summed E-state index contributed by atoms with van der Waals surface area (Å²) >= 11 is 0. The Hall–Kier alpha value is -3.54. The highest BCUT2D eigenvalue weighted by atomic mass is 16.7. The van der Waals surface area contributed by atoms with E-state index < -0.39 is 5.97 Å². The zero-order valence-electron chi connectivity index (χ0n) is 13.8. The molecule has 0 radical (unpaired) electrons. The van der Waals surface area contributed by atoms with Crippen molar-refractivity contribution in [3.05, 3.63) is 72.1 Å². The lowest BCUT2D eigenvalue weighted by atomic mass is 10.2. The Kier molecular flexibility index (Phi) is 4.38. The first-order valence-corrected chi connectivity index (χ1v) is 8.02. The first kappa shape index (κ1) is 16.0. The number of fused-ring (bicyclic) bond motifs is 1. The fourth-order valence-corrected chi connectivity index (χ4v) is 2.46. The van der Waals surface area contributed by atoms with Gasteiger partial charge in [-0.3, -0.25) is 0 Å². The van der Waals surface area contributed by atoms with Crippen LogP contribution in [0.25, 0.3) is 17.5 Å². The molecule has 0 N–H and O–H groups in total. The Morgan fingerprint density at radius 2 is 1.96 bits per heavy atom. The normalized spacial score (nSPS) is 12.5. The first-order valence-electron chi connectivity index (χ1n) is 8.02. The predicted molar refractivity (Wildman–Crippen MR) is 93.3 cm³/mol. The lowest BCUT2D eigenvalue weighted by Gasteiger charge is -1.99. The van der Waals surface area contributed by atoms with Crippen LogP contribution in [0.1, 0.15) is 11.3 Å². The molecular weight excluding hydrogens is 334 g/mol. The van der Waals surface area contributed by atoms with Gasteiger partial charge in [0.25, 0.3) is 0 Å². The minimum Gasteiger partial charge on any atom is -0.456 e. The second-order valence-corrected chi connectivity index (χ2v) is 5.56. The summed E-state index contributed by atoms with van der Waals surface area (Å²) in [4.78, 5) is 16.2. The van der Waals surface area contributed by atoms with Crippen LogP contribution in [0.2, 0.25) is 0 Å². The van der Waals surface area contributed by atoms with Crippen molar-refractivity contribution in [3.63, 3.8) is 0 Å². The molecule has 2 aromatic carbocycles. The van der Waals surface area contributed by atoms with Gasteiger partial charge in [0.2, 0.25) is 12.7 Å². The summed E-state index contributed by atoms with van der Waals surface area (Å²) in [5.41, 5.74) is 2.24. The highest BCUT2D eigenvalue weighted by Gasteiger charge is 2.12. The van der Waals surface area contributed by atoms with Gasteiger partial charge < -0.3 is 18.6 Å².